The number of methoxy groups -OCH3 is 1. The molecule has 0 aliphatic carbocycles. The van der Waals surface area contributed by atoms with E-state index >= 15 is 0 Å². The normalized spacial score (nSPS) is 16.7. The van der Waals surface area contributed by atoms with Crippen molar-refractivity contribution < 1.29 is 19.4 Å². The fraction of sp³-hybridized carbons (Fsp3) is 0.391. The summed E-state index contributed by atoms with van der Waals surface area (Å²) in [5.74, 6) is 0.406. The number of anilines is 1. The van der Waals surface area contributed by atoms with Crippen LogP contribution >= 0.6 is 0 Å². The molecule has 4 rings (SSSR count). The van der Waals surface area contributed by atoms with Crippen LogP contribution in [0.4, 0.5) is 10.6 Å². The largest absolute Gasteiger partial charge is 0.481 e. The zero-order valence-electron chi connectivity index (χ0n) is 18.0. The van der Waals surface area contributed by atoms with Gasteiger partial charge in [-0.2, -0.15) is 0 Å². The van der Waals surface area contributed by atoms with Crippen molar-refractivity contribution in [2.45, 2.75) is 25.3 Å². The van der Waals surface area contributed by atoms with Gasteiger partial charge in [0.2, 0.25) is 5.88 Å². The molecule has 0 aromatic carbocycles. The SMILES string of the molecule is COc1ccc(C(CC(=O)O)N2CCN(CC=Cc3ccc4c(n3)NCCC4)C2=O)cn1. The Kier molecular flexibility index (Phi) is 6.53. The van der Waals surface area contributed by atoms with Crippen LogP contribution in [0.25, 0.3) is 6.08 Å². The molecule has 0 radical (unpaired) electrons. The third-order valence-corrected chi connectivity index (χ3v) is 5.75. The summed E-state index contributed by atoms with van der Waals surface area (Å²) in [6.45, 7) is 2.36. The highest BCUT2D eigenvalue weighted by molar-refractivity contribution is 5.78. The number of hydrogen-bond donors (Lipinski definition) is 2. The van der Waals surface area contributed by atoms with Crippen LogP contribution in [0.1, 0.15) is 35.7 Å². The molecule has 9 nitrogen and oxygen atoms in total. The summed E-state index contributed by atoms with van der Waals surface area (Å²) in [5, 5.41) is 12.7. The monoisotopic (exact) mass is 437 g/mol. The van der Waals surface area contributed by atoms with Crippen molar-refractivity contribution in [2.24, 2.45) is 0 Å². The van der Waals surface area contributed by atoms with Crippen LogP contribution in [0.15, 0.2) is 36.5 Å². The van der Waals surface area contributed by atoms with Gasteiger partial charge in [-0.3, -0.25) is 4.79 Å². The van der Waals surface area contributed by atoms with Crippen molar-refractivity contribution in [3.63, 3.8) is 0 Å². The number of urea groups is 1. The number of nitrogens with one attached hydrogen (secondary N) is 1. The molecular formula is C23H27N5O4. The Morgan fingerprint density at radius 1 is 1.31 bits per heavy atom. The first-order valence-corrected chi connectivity index (χ1v) is 10.7. The molecule has 0 spiro atoms. The second-order valence-electron chi connectivity index (χ2n) is 7.85. The molecule has 0 saturated carbocycles. The molecule has 9 heteroatoms. The summed E-state index contributed by atoms with van der Waals surface area (Å²) in [7, 11) is 1.52. The number of fused-ring (bicyclic) bond motifs is 1. The molecule has 1 atom stereocenters. The standard InChI is InChI=1S/C23H27N5O4/c1-32-20-9-7-17(15-25-20)19(14-21(29)30)28-13-12-27(23(28)31)11-3-5-18-8-6-16-4-2-10-24-22(16)26-18/h3,5-9,15,19H,2,4,10-14H2,1H3,(H,24,26)(H,29,30). The number of pyridine rings is 2. The van der Waals surface area contributed by atoms with E-state index in [0.29, 0.717) is 31.1 Å². The van der Waals surface area contributed by atoms with E-state index in [1.165, 1.54) is 12.7 Å². The van der Waals surface area contributed by atoms with Crippen molar-refractivity contribution in [1.82, 2.24) is 19.8 Å². The molecule has 32 heavy (non-hydrogen) atoms. The van der Waals surface area contributed by atoms with Crippen LogP contribution < -0.4 is 10.1 Å². The van der Waals surface area contributed by atoms with Crippen LogP contribution in [0, 0.1) is 0 Å². The maximum Gasteiger partial charge on any atom is 0.320 e. The van der Waals surface area contributed by atoms with E-state index in [1.807, 2.05) is 18.2 Å². The zero-order chi connectivity index (χ0) is 22.5. The highest BCUT2D eigenvalue weighted by Crippen LogP contribution is 2.29. The van der Waals surface area contributed by atoms with E-state index in [-0.39, 0.29) is 12.5 Å². The molecule has 168 valence electrons. The molecule has 1 fully saturated rings. The van der Waals surface area contributed by atoms with E-state index in [0.717, 1.165) is 30.9 Å². The quantitative estimate of drug-likeness (QED) is 0.654. The van der Waals surface area contributed by atoms with Gasteiger partial charge in [-0.15, -0.1) is 0 Å². The van der Waals surface area contributed by atoms with Crippen molar-refractivity contribution in [3.8, 4) is 5.88 Å². The Labute approximate surface area is 186 Å². The number of amides is 2. The lowest BCUT2D eigenvalue weighted by atomic mass is 10.0. The lowest BCUT2D eigenvalue weighted by Crippen LogP contribution is -2.35. The van der Waals surface area contributed by atoms with Gasteiger partial charge in [0, 0.05) is 38.4 Å². The van der Waals surface area contributed by atoms with Gasteiger partial charge < -0.3 is 25.0 Å². The molecule has 2 N–H and O–H groups in total. The maximum absolute atomic E-state index is 13.0. The summed E-state index contributed by atoms with van der Waals surface area (Å²) in [6, 6.07) is 6.74. The lowest BCUT2D eigenvalue weighted by Gasteiger charge is -2.27. The highest BCUT2D eigenvalue weighted by Gasteiger charge is 2.35. The van der Waals surface area contributed by atoms with Crippen LogP contribution in [0.5, 0.6) is 5.88 Å². The lowest BCUT2D eigenvalue weighted by molar-refractivity contribution is -0.138. The molecular weight excluding hydrogens is 410 g/mol. The number of hydrogen-bond acceptors (Lipinski definition) is 6. The Hall–Kier alpha value is -3.62. The van der Waals surface area contributed by atoms with E-state index in [2.05, 4.69) is 21.4 Å². The number of aliphatic carboxylic acids is 1. The number of carboxylic acids is 1. The van der Waals surface area contributed by atoms with Crippen LogP contribution in [0.2, 0.25) is 0 Å². The molecule has 1 saturated heterocycles. The van der Waals surface area contributed by atoms with Crippen molar-refractivity contribution >= 4 is 23.9 Å². The number of carboxylic acid groups (broad SMARTS) is 1. The summed E-state index contributed by atoms with van der Waals surface area (Å²) in [4.78, 5) is 36.6. The topological polar surface area (TPSA) is 108 Å². The van der Waals surface area contributed by atoms with Gasteiger partial charge in [0.05, 0.1) is 25.3 Å². The van der Waals surface area contributed by atoms with Gasteiger partial charge in [0.15, 0.2) is 0 Å². The zero-order valence-corrected chi connectivity index (χ0v) is 18.0. The Morgan fingerprint density at radius 3 is 2.94 bits per heavy atom. The number of ether oxygens (including phenoxy) is 1. The number of carbonyl (C=O) groups is 2. The van der Waals surface area contributed by atoms with Gasteiger partial charge in [0.1, 0.15) is 5.82 Å². The number of rotatable bonds is 8. The van der Waals surface area contributed by atoms with Crippen LogP contribution in [-0.4, -0.2) is 70.2 Å². The molecule has 2 aliphatic heterocycles. The predicted molar refractivity (Wildman–Crippen MR) is 120 cm³/mol. The summed E-state index contributed by atoms with van der Waals surface area (Å²) < 4.78 is 5.07. The summed E-state index contributed by atoms with van der Waals surface area (Å²) >= 11 is 0. The molecule has 1 unspecified atom stereocenters. The van der Waals surface area contributed by atoms with Crippen molar-refractivity contribution in [3.05, 3.63) is 53.4 Å². The fourth-order valence-corrected chi connectivity index (χ4v) is 4.08. The molecule has 2 aromatic rings. The second kappa shape index (κ2) is 9.67. The number of aryl methyl sites for hydroxylation is 1. The number of carbonyl (C=O) groups excluding carboxylic acids is 1. The Bertz CT molecular complexity index is 1010. The van der Waals surface area contributed by atoms with Gasteiger partial charge in [0.25, 0.3) is 0 Å². The first kappa shape index (κ1) is 21.6. The fourth-order valence-electron chi connectivity index (χ4n) is 4.08. The maximum atomic E-state index is 13.0. The molecule has 2 aliphatic rings. The minimum Gasteiger partial charge on any atom is -0.481 e. The molecule has 2 amide bonds. The van der Waals surface area contributed by atoms with Gasteiger partial charge in [-0.05, 0) is 36.1 Å². The van der Waals surface area contributed by atoms with E-state index in [4.69, 9.17) is 4.74 Å². The van der Waals surface area contributed by atoms with Gasteiger partial charge >= 0.3 is 12.0 Å². The number of nitrogens with zero attached hydrogens (tertiary/aromatic N) is 4. The third kappa shape index (κ3) is 4.82. The van der Waals surface area contributed by atoms with Crippen LogP contribution in [0.3, 0.4) is 0 Å². The van der Waals surface area contributed by atoms with Crippen molar-refractivity contribution in [1.29, 1.82) is 0 Å². The summed E-state index contributed by atoms with van der Waals surface area (Å²) in [6.07, 6.45) is 7.37. The van der Waals surface area contributed by atoms with Gasteiger partial charge in [-0.1, -0.05) is 18.2 Å². The average Bonchev–Trinajstić information content (AvgIpc) is 3.17. The smallest absolute Gasteiger partial charge is 0.320 e. The minimum absolute atomic E-state index is 0.184. The first-order valence-electron chi connectivity index (χ1n) is 10.7. The van der Waals surface area contributed by atoms with E-state index < -0.39 is 12.0 Å². The minimum atomic E-state index is -0.968. The molecule has 4 heterocycles. The Morgan fingerprint density at radius 2 is 2.19 bits per heavy atom. The number of aromatic nitrogens is 2. The van der Waals surface area contributed by atoms with Gasteiger partial charge in [-0.25, -0.2) is 14.8 Å². The predicted octanol–water partition coefficient (Wildman–Crippen LogP) is 2.81. The van der Waals surface area contributed by atoms with Crippen molar-refractivity contribution in [2.75, 3.05) is 38.6 Å². The van der Waals surface area contributed by atoms with Crippen LogP contribution in [-0.2, 0) is 11.2 Å². The third-order valence-electron chi connectivity index (χ3n) is 5.75. The second-order valence-corrected chi connectivity index (χ2v) is 7.85. The summed E-state index contributed by atoms with van der Waals surface area (Å²) in [5.41, 5.74) is 2.75. The molecule has 2 aromatic heterocycles. The highest BCUT2D eigenvalue weighted by atomic mass is 16.5. The Balaban J connectivity index is 1.42. The van der Waals surface area contributed by atoms with E-state index in [9.17, 15) is 14.7 Å². The average molecular weight is 438 g/mol. The molecule has 0 bridgehead atoms. The van der Waals surface area contributed by atoms with E-state index in [1.54, 1.807) is 28.1 Å². The first-order chi connectivity index (χ1) is 15.5.